The summed E-state index contributed by atoms with van der Waals surface area (Å²) in [6.45, 7) is 1.69. The number of benzene rings is 1. The SMILES string of the molecule is O=c1[nH]c2ncc(-c3ccc(SN4CCC(Nc5ccc(C(F)(F)F)cn5)CC4)cc3)cc2o1. The van der Waals surface area contributed by atoms with Gasteiger partial charge in [-0.3, -0.25) is 4.98 Å². The number of H-pyrrole nitrogens is 1. The topological polar surface area (TPSA) is 87.0 Å². The maximum atomic E-state index is 12.7. The molecule has 1 aromatic carbocycles. The first-order valence-electron chi connectivity index (χ1n) is 10.7. The van der Waals surface area contributed by atoms with Crippen molar-refractivity contribution in [2.24, 2.45) is 0 Å². The molecule has 3 aromatic heterocycles. The van der Waals surface area contributed by atoms with Crippen LogP contribution in [0, 0.1) is 0 Å². The van der Waals surface area contributed by atoms with Crippen LogP contribution in [0.4, 0.5) is 19.0 Å². The van der Waals surface area contributed by atoms with Crippen molar-refractivity contribution in [3.05, 3.63) is 71.0 Å². The Bertz CT molecular complexity index is 1330. The Balaban J connectivity index is 1.14. The zero-order valence-corrected chi connectivity index (χ0v) is 18.6. The number of fused-ring (bicyclic) bond motifs is 1. The summed E-state index contributed by atoms with van der Waals surface area (Å²) >= 11 is 1.67. The minimum Gasteiger partial charge on any atom is -0.406 e. The largest absolute Gasteiger partial charge is 0.418 e. The molecule has 0 saturated carbocycles. The van der Waals surface area contributed by atoms with Gasteiger partial charge in [0.05, 0.1) is 5.56 Å². The molecular formula is C23H20F3N5O2S. The van der Waals surface area contributed by atoms with Gasteiger partial charge in [0.2, 0.25) is 0 Å². The molecule has 5 rings (SSSR count). The van der Waals surface area contributed by atoms with Crippen LogP contribution in [0.3, 0.4) is 0 Å². The third-order valence-corrected chi connectivity index (χ3v) is 6.70. The molecule has 0 bridgehead atoms. The van der Waals surface area contributed by atoms with E-state index in [9.17, 15) is 18.0 Å². The molecule has 4 heterocycles. The van der Waals surface area contributed by atoms with Crippen LogP contribution in [-0.4, -0.2) is 38.4 Å². The molecule has 0 atom stereocenters. The maximum absolute atomic E-state index is 12.7. The van der Waals surface area contributed by atoms with Crippen molar-refractivity contribution in [1.29, 1.82) is 0 Å². The molecule has 7 nitrogen and oxygen atoms in total. The van der Waals surface area contributed by atoms with E-state index in [2.05, 4.69) is 24.6 Å². The second-order valence-corrected chi connectivity index (χ2v) is 9.15. The van der Waals surface area contributed by atoms with Gasteiger partial charge in [0.25, 0.3) is 0 Å². The van der Waals surface area contributed by atoms with E-state index in [1.165, 1.54) is 6.07 Å². The highest BCUT2D eigenvalue weighted by Crippen LogP contribution is 2.31. The van der Waals surface area contributed by atoms with Gasteiger partial charge in [-0.2, -0.15) is 13.2 Å². The Morgan fingerprint density at radius 2 is 1.79 bits per heavy atom. The predicted molar refractivity (Wildman–Crippen MR) is 123 cm³/mol. The smallest absolute Gasteiger partial charge is 0.406 e. The van der Waals surface area contributed by atoms with Crippen molar-refractivity contribution in [2.75, 3.05) is 18.4 Å². The summed E-state index contributed by atoms with van der Waals surface area (Å²) in [7, 11) is 0. The number of nitrogens with zero attached hydrogens (tertiary/aromatic N) is 3. The fourth-order valence-electron chi connectivity index (χ4n) is 3.80. The quantitative estimate of drug-likeness (QED) is 0.375. The number of halogens is 3. The van der Waals surface area contributed by atoms with Gasteiger partial charge in [0.15, 0.2) is 11.2 Å². The average molecular weight is 488 g/mol. The van der Waals surface area contributed by atoms with E-state index < -0.39 is 17.5 Å². The van der Waals surface area contributed by atoms with Crippen molar-refractivity contribution < 1.29 is 17.6 Å². The summed E-state index contributed by atoms with van der Waals surface area (Å²) in [4.78, 5) is 23.1. The Morgan fingerprint density at radius 3 is 2.47 bits per heavy atom. The van der Waals surface area contributed by atoms with Crippen LogP contribution in [0.2, 0.25) is 0 Å². The third-order valence-electron chi connectivity index (χ3n) is 5.59. The van der Waals surface area contributed by atoms with Crippen LogP contribution in [0.1, 0.15) is 18.4 Å². The number of hydrogen-bond acceptors (Lipinski definition) is 7. The Kier molecular flexibility index (Phi) is 6.05. The van der Waals surface area contributed by atoms with Crippen LogP contribution in [0.5, 0.6) is 0 Å². The number of alkyl halides is 3. The van der Waals surface area contributed by atoms with E-state index in [1.54, 1.807) is 24.2 Å². The normalized spacial score (nSPS) is 15.6. The summed E-state index contributed by atoms with van der Waals surface area (Å²) in [5.74, 6) is -0.0673. The van der Waals surface area contributed by atoms with E-state index in [1.807, 2.05) is 24.3 Å². The van der Waals surface area contributed by atoms with Gasteiger partial charge >= 0.3 is 11.9 Å². The first kappa shape index (κ1) is 22.5. The fourth-order valence-corrected chi connectivity index (χ4v) is 4.75. The van der Waals surface area contributed by atoms with Gasteiger partial charge < -0.3 is 9.73 Å². The Labute approximate surface area is 196 Å². The van der Waals surface area contributed by atoms with E-state index in [4.69, 9.17) is 4.42 Å². The number of rotatable bonds is 5. The molecule has 11 heteroatoms. The van der Waals surface area contributed by atoms with Crippen molar-refractivity contribution in [2.45, 2.75) is 30.0 Å². The second kappa shape index (κ2) is 9.15. The van der Waals surface area contributed by atoms with Crippen molar-refractivity contribution >= 4 is 29.0 Å². The van der Waals surface area contributed by atoms with Gasteiger partial charge in [0, 0.05) is 42.0 Å². The average Bonchev–Trinajstić information content (AvgIpc) is 3.20. The number of pyridine rings is 2. The summed E-state index contributed by atoms with van der Waals surface area (Å²) in [5.41, 5.74) is 1.92. The number of piperidine rings is 1. The molecule has 2 N–H and O–H groups in total. The first-order chi connectivity index (χ1) is 16.3. The van der Waals surface area contributed by atoms with E-state index >= 15 is 0 Å². The van der Waals surface area contributed by atoms with Crippen molar-refractivity contribution in [1.82, 2.24) is 19.3 Å². The van der Waals surface area contributed by atoms with Crippen LogP contribution in [0.25, 0.3) is 22.4 Å². The Morgan fingerprint density at radius 1 is 1.03 bits per heavy atom. The number of oxazole rings is 1. The van der Waals surface area contributed by atoms with Gasteiger partial charge in [-0.15, -0.1) is 0 Å². The molecule has 0 spiro atoms. The highest BCUT2D eigenvalue weighted by atomic mass is 32.2. The number of hydrogen-bond donors (Lipinski definition) is 2. The summed E-state index contributed by atoms with van der Waals surface area (Å²) in [5, 5.41) is 3.23. The number of aromatic amines is 1. The zero-order valence-electron chi connectivity index (χ0n) is 17.8. The van der Waals surface area contributed by atoms with Gasteiger partial charge in [0.1, 0.15) is 5.82 Å². The number of nitrogens with one attached hydrogen (secondary N) is 2. The zero-order chi connectivity index (χ0) is 23.7. The lowest BCUT2D eigenvalue weighted by atomic mass is 10.1. The number of aromatic nitrogens is 3. The molecule has 1 saturated heterocycles. The highest BCUT2D eigenvalue weighted by molar-refractivity contribution is 7.97. The molecular weight excluding hydrogens is 467 g/mol. The molecule has 0 unspecified atom stereocenters. The molecule has 1 aliphatic rings. The molecule has 0 amide bonds. The summed E-state index contributed by atoms with van der Waals surface area (Å²) < 4.78 is 45.4. The molecule has 34 heavy (non-hydrogen) atoms. The lowest BCUT2D eigenvalue weighted by Gasteiger charge is -2.31. The van der Waals surface area contributed by atoms with Gasteiger partial charge in [-0.05, 0) is 60.7 Å². The van der Waals surface area contributed by atoms with Gasteiger partial charge in [-0.25, -0.2) is 19.1 Å². The fraction of sp³-hybridized carbons (Fsp3) is 0.261. The van der Waals surface area contributed by atoms with Crippen LogP contribution >= 0.6 is 11.9 Å². The minimum absolute atomic E-state index is 0.166. The van der Waals surface area contributed by atoms with Crippen LogP contribution in [-0.2, 0) is 6.18 Å². The summed E-state index contributed by atoms with van der Waals surface area (Å²) in [6.07, 6.45) is -0.0994. The number of anilines is 1. The van der Waals surface area contributed by atoms with E-state index in [-0.39, 0.29) is 6.04 Å². The predicted octanol–water partition coefficient (Wildman–Crippen LogP) is 5.18. The maximum Gasteiger partial charge on any atom is 0.418 e. The molecule has 0 aliphatic carbocycles. The molecule has 176 valence electrons. The Hall–Kier alpha value is -3.31. The molecule has 0 radical (unpaired) electrons. The first-order valence-corrected chi connectivity index (χ1v) is 11.4. The minimum atomic E-state index is -4.38. The molecule has 4 aromatic rings. The van der Waals surface area contributed by atoms with E-state index in [0.717, 1.165) is 54.2 Å². The van der Waals surface area contributed by atoms with Crippen molar-refractivity contribution in [3.8, 4) is 11.1 Å². The lowest BCUT2D eigenvalue weighted by molar-refractivity contribution is -0.137. The van der Waals surface area contributed by atoms with Gasteiger partial charge in [-0.1, -0.05) is 12.1 Å². The monoisotopic (exact) mass is 487 g/mol. The second-order valence-electron chi connectivity index (χ2n) is 7.98. The summed E-state index contributed by atoms with van der Waals surface area (Å²) in [6, 6.07) is 12.4. The van der Waals surface area contributed by atoms with Crippen molar-refractivity contribution in [3.63, 3.8) is 0 Å². The van der Waals surface area contributed by atoms with E-state index in [0.29, 0.717) is 17.0 Å². The third kappa shape index (κ3) is 5.10. The van der Waals surface area contributed by atoms with Crippen LogP contribution < -0.4 is 11.1 Å². The standard InChI is InChI=1S/C23H20F3N5O2S/c24-23(25,26)16-3-6-20(27-13-16)29-17-7-9-31(10-8-17)34-18-4-1-14(2-5-18)15-11-19-21(28-12-15)30-22(32)33-19/h1-6,11-13,17H,7-10H2,(H,27,29)(H,28,30,32). The van der Waals surface area contributed by atoms with Crippen LogP contribution in [0.15, 0.2) is 69.0 Å². The lowest BCUT2D eigenvalue weighted by Crippen LogP contribution is -2.35. The highest BCUT2D eigenvalue weighted by Gasteiger charge is 2.30. The molecule has 1 fully saturated rings. The molecule has 1 aliphatic heterocycles.